The van der Waals surface area contributed by atoms with E-state index >= 15 is 0 Å². The lowest BCUT2D eigenvalue weighted by molar-refractivity contribution is -0.0431. The van der Waals surface area contributed by atoms with Crippen LogP contribution in [0.25, 0.3) is 0 Å². The Labute approximate surface area is 122 Å². The van der Waals surface area contributed by atoms with Crippen molar-refractivity contribution in [3.63, 3.8) is 0 Å². The van der Waals surface area contributed by atoms with Crippen LogP contribution in [0.5, 0.6) is 0 Å². The minimum absolute atomic E-state index is 0.0956. The second-order valence-corrected chi connectivity index (χ2v) is 6.32. The molecule has 5 heteroatoms. The third-order valence-electron chi connectivity index (χ3n) is 3.31. The highest BCUT2D eigenvalue weighted by molar-refractivity contribution is 5.68. The molecule has 1 amide bonds. The van der Waals surface area contributed by atoms with Crippen LogP contribution in [0.15, 0.2) is 0 Å². The first-order chi connectivity index (χ1) is 9.37. The molecule has 1 aliphatic carbocycles. The second kappa shape index (κ2) is 7.84. The van der Waals surface area contributed by atoms with Crippen LogP contribution in [0, 0.1) is 0 Å². The first-order valence-electron chi connectivity index (χ1n) is 7.72. The van der Waals surface area contributed by atoms with E-state index in [2.05, 4.69) is 17.6 Å². The first-order valence-corrected chi connectivity index (χ1v) is 7.72. The topological polar surface area (TPSA) is 59.6 Å². The third kappa shape index (κ3) is 5.67. The summed E-state index contributed by atoms with van der Waals surface area (Å²) >= 11 is 0. The number of unbranched alkanes of at least 4 members (excludes halogenated alkanes) is 1. The van der Waals surface area contributed by atoms with Crippen LogP contribution < -0.4 is 10.6 Å². The van der Waals surface area contributed by atoms with Crippen LogP contribution in [0.4, 0.5) is 4.79 Å². The summed E-state index contributed by atoms with van der Waals surface area (Å²) in [6.07, 6.45) is 2.98. The van der Waals surface area contributed by atoms with Crippen molar-refractivity contribution in [1.82, 2.24) is 10.6 Å². The van der Waals surface area contributed by atoms with Gasteiger partial charge in [-0.25, -0.2) is 4.79 Å². The first kappa shape index (κ1) is 17.2. The summed E-state index contributed by atoms with van der Waals surface area (Å²) in [5.41, 5.74) is -0.460. The summed E-state index contributed by atoms with van der Waals surface area (Å²) in [5.74, 6) is 0. The monoisotopic (exact) mass is 286 g/mol. The van der Waals surface area contributed by atoms with Crippen molar-refractivity contribution in [3.8, 4) is 0 Å². The van der Waals surface area contributed by atoms with Gasteiger partial charge in [0.05, 0.1) is 18.2 Å². The van der Waals surface area contributed by atoms with E-state index in [0.29, 0.717) is 6.61 Å². The van der Waals surface area contributed by atoms with Crippen LogP contribution >= 0.6 is 0 Å². The maximum atomic E-state index is 11.8. The molecule has 1 saturated carbocycles. The lowest BCUT2D eigenvalue weighted by Gasteiger charge is -2.45. The fourth-order valence-corrected chi connectivity index (χ4v) is 2.32. The predicted octanol–water partition coefficient (Wildman–Crippen LogP) is 2.45. The van der Waals surface area contributed by atoms with Crippen LogP contribution in [-0.2, 0) is 9.47 Å². The highest BCUT2D eigenvalue weighted by Gasteiger charge is 2.42. The van der Waals surface area contributed by atoms with Crippen molar-refractivity contribution in [2.24, 2.45) is 0 Å². The number of amides is 1. The molecule has 2 N–H and O–H groups in total. The SMILES string of the molecule is CCCCNC1C(NC(=O)OC(C)(C)C)CC1OCC. The van der Waals surface area contributed by atoms with Gasteiger partial charge in [-0.2, -0.15) is 0 Å². The maximum Gasteiger partial charge on any atom is 0.407 e. The largest absolute Gasteiger partial charge is 0.444 e. The smallest absolute Gasteiger partial charge is 0.407 e. The molecule has 5 nitrogen and oxygen atoms in total. The quantitative estimate of drug-likeness (QED) is 0.706. The molecule has 3 unspecified atom stereocenters. The second-order valence-electron chi connectivity index (χ2n) is 6.32. The Kier molecular flexibility index (Phi) is 6.76. The van der Waals surface area contributed by atoms with Crippen molar-refractivity contribution in [1.29, 1.82) is 0 Å². The molecule has 1 aliphatic rings. The number of rotatable bonds is 7. The molecule has 20 heavy (non-hydrogen) atoms. The predicted molar refractivity (Wildman–Crippen MR) is 79.9 cm³/mol. The van der Waals surface area contributed by atoms with Gasteiger partial charge in [-0.3, -0.25) is 0 Å². The van der Waals surface area contributed by atoms with E-state index in [9.17, 15) is 4.79 Å². The van der Waals surface area contributed by atoms with Crippen LogP contribution in [0.3, 0.4) is 0 Å². The Hall–Kier alpha value is -0.810. The molecule has 0 saturated heterocycles. The standard InChI is InChI=1S/C15H30N2O3/c1-6-8-9-16-13-11(10-12(13)19-7-2)17-14(18)20-15(3,4)5/h11-13,16H,6-10H2,1-5H3,(H,17,18). The fourth-order valence-electron chi connectivity index (χ4n) is 2.32. The van der Waals surface area contributed by atoms with Crippen LogP contribution in [-0.4, -0.2) is 43.0 Å². The Morgan fingerprint density at radius 1 is 1.30 bits per heavy atom. The van der Waals surface area contributed by atoms with E-state index in [4.69, 9.17) is 9.47 Å². The molecule has 0 aromatic carbocycles. The molecular weight excluding hydrogens is 256 g/mol. The Balaban J connectivity index is 2.41. The molecule has 0 spiro atoms. The zero-order chi connectivity index (χ0) is 15.2. The molecule has 0 radical (unpaired) electrons. The average molecular weight is 286 g/mol. The third-order valence-corrected chi connectivity index (χ3v) is 3.31. The number of nitrogens with one attached hydrogen (secondary N) is 2. The summed E-state index contributed by atoms with van der Waals surface area (Å²) in [7, 11) is 0. The highest BCUT2D eigenvalue weighted by Crippen LogP contribution is 2.25. The van der Waals surface area contributed by atoms with Crippen molar-refractivity contribution >= 4 is 6.09 Å². The van der Waals surface area contributed by atoms with Crippen LogP contribution in [0.1, 0.15) is 53.9 Å². The minimum atomic E-state index is -0.460. The lowest BCUT2D eigenvalue weighted by Crippen LogP contribution is -2.66. The molecule has 0 aliphatic heterocycles. The highest BCUT2D eigenvalue weighted by atomic mass is 16.6. The molecule has 3 atom stereocenters. The number of hydrogen-bond acceptors (Lipinski definition) is 4. The van der Waals surface area contributed by atoms with E-state index in [1.54, 1.807) is 0 Å². The van der Waals surface area contributed by atoms with Crippen molar-refractivity contribution in [2.45, 2.75) is 77.7 Å². The van der Waals surface area contributed by atoms with E-state index < -0.39 is 5.60 Å². The molecule has 0 aromatic heterocycles. The zero-order valence-electron chi connectivity index (χ0n) is 13.5. The van der Waals surface area contributed by atoms with E-state index in [1.165, 1.54) is 0 Å². The molecule has 118 valence electrons. The Morgan fingerprint density at radius 2 is 2.00 bits per heavy atom. The average Bonchev–Trinajstić information content (AvgIpc) is 2.31. The molecule has 1 rings (SSSR count). The number of alkyl carbamates (subject to hydrolysis) is 1. The molecule has 0 heterocycles. The van der Waals surface area contributed by atoms with Gasteiger partial charge in [0.25, 0.3) is 0 Å². The van der Waals surface area contributed by atoms with Gasteiger partial charge in [-0.1, -0.05) is 13.3 Å². The number of hydrogen-bond donors (Lipinski definition) is 2. The van der Waals surface area contributed by atoms with E-state index in [0.717, 1.165) is 25.8 Å². The molecular formula is C15H30N2O3. The Morgan fingerprint density at radius 3 is 2.55 bits per heavy atom. The van der Waals surface area contributed by atoms with Crippen LogP contribution in [0.2, 0.25) is 0 Å². The number of carbonyl (C=O) groups excluding carboxylic acids is 1. The number of ether oxygens (including phenoxy) is 2. The summed E-state index contributed by atoms with van der Waals surface area (Å²) < 4.78 is 11.0. The van der Waals surface area contributed by atoms with E-state index in [1.807, 2.05) is 27.7 Å². The molecule has 0 bridgehead atoms. The van der Waals surface area contributed by atoms with Crippen molar-refractivity contribution in [3.05, 3.63) is 0 Å². The van der Waals surface area contributed by atoms with Gasteiger partial charge in [0.2, 0.25) is 0 Å². The Bertz CT molecular complexity index is 302. The normalized spacial score (nSPS) is 25.9. The van der Waals surface area contributed by atoms with Gasteiger partial charge in [-0.05, 0) is 47.1 Å². The summed E-state index contributed by atoms with van der Waals surface area (Å²) in [6, 6.07) is 0.285. The minimum Gasteiger partial charge on any atom is -0.444 e. The van der Waals surface area contributed by atoms with Gasteiger partial charge in [-0.15, -0.1) is 0 Å². The zero-order valence-corrected chi connectivity index (χ0v) is 13.5. The van der Waals surface area contributed by atoms with Gasteiger partial charge in [0.15, 0.2) is 0 Å². The molecule has 0 aromatic rings. The molecule has 1 fully saturated rings. The van der Waals surface area contributed by atoms with Gasteiger partial charge < -0.3 is 20.1 Å². The number of carbonyl (C=O) groups is 1. The summed E-state index contributed by atoms with van der Waals surface area (Å²) in [6.45, 7) is 11.4. The fraction of sp³-hybridized carbons (Fsp3) is 0.933. The summed E-state index contributed by atoms with van der Waals surface area (Å²) in [5, 5.41) is 6.41. The summed E-state index contributed by atoms with van der Waals surface area (Å²) in [4.78, 5) is 11.8. The van der Waals surface area contributed by atoms with Gasteiger partial charge >= 0.3 is 6.09 Å². The van der Waals surface area contributed by atoms with E-state index in [-0.39, 0.29) is 24.3 Å². The van der Waals surface area contributed by atoms with Crippen molar-refractivity contribution < 1.29 is 14.3 Å². The lowest BCUT2D eigenvalue weighted by atomic mass is 9.82. The van der Waals surface area contributed by atoms with Gasteiger partial charge in [0.1, 0.15) is 5.60 Å². The van der Waals surface area contributed by atoms with Gasteiger partial charge in [0, 0.05) is 6.61 Å². The maximum absolute atomic E-state index is 11.8. The van der Waals surface area contributed by atoms with Crippen molar-refractivity contribution in [2.75, 3.05) is 13.2 Å².